The lowest BCUT2D eigenvalue weighted by molar-refractivity contribution is 0.149. The topological polar surface area (TPSA) is 52.3 Å². The molecular weight excluding hydrogens is 226 g/mol. The molecule has 4 heteroatoms. The van der Waals surface area contributed by atoms with Crippen molar-refractivity contribution in [2.75, 3.05) is 6.61 Å². The molecule has 0 aliphatic carbocycles. The molecule has 86 valence electrons. The second-order valence-corrected chi connectivity index (χ2v) is 3.84. The molecule has 3 nitrogen and oxygen atoms in total. The van der Waals surface area contributed by atoms with E-state index < -0.39 is 6.09 Å². The van der Waals surface area contributed by atoms with Crippen molar-refractivity contribution in [2.24, 2.45) is 5.73 Å². The fourth-order valence-corrected chi connectivity index (χ4v) is 1.64. The summed E-state index contributed by atoms with van der Waals surface area (Å²) in [7, 11) is 0. The number of hydrogen-bond donors (Lipinski definition) is 1. The van der Waals surface area contributed by atoms with Gasteiger partial charge in [0.25, 0.3) is 0 Å². The van der Waals surface area contributed by atoms with Crippen LogP contribution in [0.15, 0.2) is 36.9 Å². The van der Waals surface area contributed by atoms with Crippen LogP contribution in [0.25, 0.3) is 0 Å². The highest BCUT2D eigenvalue weighted by molar-refractivity contribution is 6.30. The molecule has 1 aromatic rings. The number of hydrogen-bond acceptors (Lipinski definition) is 2. The van der Waals surface area contributed by atoms with Gasteiger partial charge in [0.15, 0.2) is 0 Å². The molecule has 0 heterocycles. The van der Waals surface area contributed by atoms with Crippen molar-refractivity contribution in [2.45, 2.75) is 12.3 Å². The van der Waals surface area contributed by atoms with Gasteiger partial charge in [-0.05, 0) is 24.1 Å². The molecule has 0 saturated heterocycles. The molecule has 1 amide bonds. The Kier molecular flexibility index (Phi) is 4.86. The van der Waals surface area contributed by atoms with Crippen molar-refractivity contribution in [3.8, 4) is 0 Å². The summed E-state index contributed by atoms with van der Waals surface area (Å²) in [5.74, 6) is 0.0451. The Hall–Kier alpha value is -1.48. The number of halogens is 1. The van der Waals surface area contributed by atoms with Gasteiger partial charge >= 0.3 is 6.09 Å². The second-order valence-electron chi connectivity index (χ2n) is 3.41. The van der Waals surface area contributed by atoms with Crippen LogP contribution in [0.1, 0.15) is 17.9 Å². The number of allylic oxidation sites excluding steroid dienone is 1. The van der Waals surface area contributed by atoms with Crippen molar-refractivity contribution in [3.63, 3.8) is 0 Å². The molecule has 1 unspecified atom stereocenters. The van der Waals surface area contributed by atoms with Crippen LogP contribution in [0.2, 0.25) is 5.02 Å². The quantitative estimate of drug-likeness (QED) is 0.803. The highest BCUT2D eigenvalue weighted by atomic mass is 35.5. The van der Waals surface area contributed by atoms with Crippen LogP contribution < -0.4 is 5.73 Å². The van der Waals surface area contributed by atoms with Gasteiger partial charge in [0.1, 0.15) is 6.61 Å². The monoisotopic (exact) mass is 239 g/mol. The SMILES string of the molecule is C=CCC(COC(N)=O)c1cccc(Cl)c1. The van der Waals surface area contributed by atoms with Crippen molar-refractivity contribution < 1.29 is 9.53 Å². The number of carbonyl (C=O) groups is 1. The van der Waals surface area contributed by atoms with Gasteiger partial charge in [-0.1, -0.05) is 29.8 Å². The predicted molar refractivity (Wildman–Crippen MR) is 64.5 cm³/mol. The Morgan fingerprint density at radius 3 is 2.94 bits per heavy atom. The van der Waals surface area contributed by atoms with E-state index in [0.29, 0.717) is 11.4 Å². The van der Waals surface area contributed by atoms with E-state index >= 15 is 0 Å². The van der Waals surface area contributed by atoms with E-state index in [2.05, 4.69) is 6.58 Å². The number of benzene rings is 1. The second kappa shape index (κ2) is 6.18. The smallest absolute Gasteiger partial charge is 0.404 e. The van der Waals surface area contributed by atoms with Crippen molar-refractivity contribution in [1.82, 2.24) is 0 Å². The average Bonchev–Trinajstić information content (AvgIpc) is 2.24. The molecule has 1 atom stereocenters. The molecule has 0 fully saturated rings. The van der Waals surface area contributed by atoms with Gasteiger partial charge < -0.3 is 10.5 Å². The third kappa shape index (κ3) is 3.95. The van der Waals surface area contributed by atoms with Gasteiger partial charge in [0.2, 0.25) is 0 Å². The number of amides is 1. The predicted octanol–water partition coefficient (Wildman–Crippen LogP) is 3.10. The summed E-state index contributed by atoms with van der Waals surface area (Å²) >= 11 is 5.89. The third-order valence-corrected chi connectivity index (χ3v) is 2.43. The lowest BCUT2D eigenvalue weighted by Crippen LogP contribution is -2.17. The van der Waals surface area contributed by atoms with Gasteiger partial charge in [0, 0.05) is 10.9 Å². The van der Waals surface area contributed by atoms with Crippen LogP contribution in [-0.2, 0) is 4.74 Å². The highest BCUT2D eigenvalue weighted by Gasteiger charge is 2.12. The number of nitrogens with two attached hydrogens (primary N) is 1. The molecule has 1 aromatic carbocycles. The maximum atomic E-state index is 10.6. The van der Waals surface area contributed by atoms with Crippen LogP contribution >= 0.6 is 11.6 Å². The zero-order valence-corrected chi connectivity index (χ0v) is 9.61. The van der Waals surface area contributed by atoms with E-state index in [4.69, 9.17) is 22.1 Å². The lowest BCUT2D eigenvalue weighted by Gasteiger charge is -2.15. The maximum Gasteiger partial charge on any atom is 0.404 e. The summed E-state index contributed by atoms with van der Waals surface area (Å²) in [6.07, 6.45) is 1.71. The average molecular weight is 240 g/mol. The Morgan fingerprint density at radius 1 is 1.62 bits per heavy atom. The van der Waals surface area contributed by atoms with E-state index in [0.717, 1.165) is 5.56 Å². The first kappa shape index (κ1) is 12.6. The number of ether oxygens (including phenoxy) is 1. The van der Waals surface area contributed by atoms with Gasteiger partial charge in [-0.2, -0.15) is 0 Å². The molecular formula is C12H14ClNO2. The molecule has 2 N–H and O–H groups in total. The summed E-state index contributed by atoms with van der Waals surface area (Å²) in [4.78, 5) is 10.6. The molecule has 0 aromatic heterocycles. The van der Waals surface area contributed by atoms with Crippen molar-refractivity contribution in [3.05, 3.63) is 47.5 Å². The largest absolute Gasteiger partial charge is 0.449 e. The third-order valence-electron chi connectivity index (χ3n) is 2.20. The van der Waals surface area contributed by atoms with Gasteiger partial charge in [-0.15, -0.1) is 6.58 Å². The van der Waals surface area contributed by atoms with Crippen molar-refractivity contribution in [1.29, 1.82) is 0 Å². The molecule has 0 aliphatic heterocycles. The van der Waals surface area contributed by atoms with E-state index in [-0.39, 0.29) is 12.5 Å². The molecule has 16 heavy (non-hydrogen) atoms. The number of rotatable bonds is 5. The zero-order chi connectivity index (χ0) is 12.0. The van der Waals surface area contributed by atoms with E-state index in [9.17, 15) is 4.79 Å². The first-order valence-corrected chi connectivity index (χ1v) is 5.30. The fraction of sp³-hybridized carbons (Fsp3) is 0.250. The van der Waals surface area contributed by atoms with Crippen LogP contribution in [0.3, 0.4) is 0 Å². The molecule has 0 radical (unpaired) electrons. The summed E-state index contributed by atoms with van der Waals surface area (Å²) < 4.78 is 4.80. The van der Waals surface area contributed by atoms with Gasteiger partial charge in [0.05, 0.1) is 0 Å². The van der Waals surface area contributed by atoms with E-state index in [1.807, 2.05) is 18.2 Å². The van der Waals surface area contributed by atoms with E-state index in [1.54, 1.807) is 12.1 Å². The molecule has 0 aliphatic rings. The zero-order valence-electron chi connectivity index (χ0n) is 8.86. The standard InChI is InChI=1S/C12H14ClNO2/c1-2-4-10(8-16-12(14)15)9-5-3-6-11(13)7-9/h2-3,5-7,10H,1,4,8H2,(H2,14,15). The molecule has 0 saturated carbocycles. The maximum absolute atomic E-state index is 10.6. The van der Waals surface area contributed by atoms with Crippen molar-refractivity contribution >= 4 is 17.7 Å². The Bertz CT molecular complexity index is 379. The van der Waals surface area contributed by atoms with Crippen LogP contribution in [0.5, 0.6) is 0 Å². The molecule has 1 rings (SSSR count). The minimum Gasteiger partial charge on any atom is -0.449 e. The normalized spacial score (nSPS) is 11.8. The molecule has 0 bridgehead atoms. The minimum atomic E-state index is -0.768. The minimum absolute atomic E-state index is 0.0451. The summed E-state index contributed by atoms with van der Waals surface area (Å²) in [5, 5.41) is 0.658. The fourth-order valence-electron chi connectivity index (χ4n) is 1.44. The Labute approximate surface area is 99.8 Å². The summed E-state index contributed by atoms with van der Waals surface area (Å²) in [6, 6.07) is 7.44. The van der Waals surface area contributed by atoms with Gasteiger partial charge in [-0.3, -0.25) is 0 Å². The van der Waals surface area contributed by atoms with E-state index in [1.165, 1.54) is 0 Å². The lowest BCUT2D eigenvalue weighted by atomic mass is 9.97. The highest BCUT2D eigenvalue weighted by Crippen LogP contribution is 2.23. The van der Waals surface area contributed by atoms with Crippen LogP contribution in [-0.4, -0.2) is 12.7 Å². The summed E-state index contributed by atoms with van der Waals surface area (Å²) in [6.45, 7) is 3.91. The summed E-state index contributed by atoms with van der Waals surface area (Å²) in [5.41, 5.74) is 5.94. The Morgan fingerprint density at radius 2 is 2.38 bits per heavy atom. The number of carbonyl (C=O) groups excluding carboxylic acids is 1. The van der Waals surface area contributed by atoms with Gasteiger partial charge in [-0.25, -0.2) is 4.79 Å². The number of primary amides is 1. The Balaban J connectivity index is 2.76. The van der Waals surface area contributed by atoms with Crippen LogP contribution in [0, 0.1) is 0 Å². The first-order valence-electron chi connectivity index (χ1n) is 4.92. The molecule has 0 spiro atoms. The van der Waals surface area contributed by atoms with Crippen LogP contribution in [0.4, 0.5) is 4.79 Å². The first-order chi connectivity index (χ1) is 7.63.